The number of allylic oxidation sites excluding steroid dienone is 4. The molecule has 7 rings (SSSR count). The molecule has 1 aromatic rings. The summed E-state index contributed by atoms with van der Waals surface area (Å²) < 4.78 is 40.1. The van der Waals surface area contributed by atoms with Gasteiger partial charge in [-0.1, -0.05) is 41.4 Å². The molecule has 3 amide bonds. The van der Waals surface area contributed by atoms with Gasteiger partial charge in [0.25, 0.3) is 0 Å². The van der Waals surface area contributed by atoms with Crippen molar-refractivity contribution >= 4 is 59.4 Å². The van der Waals surface area contributed by atoms with Crippen molar-refractivity contribution < 1.29 is 76.8 Å². The van der Waals surface area contributed by atoms with Gasteiger partial charge in [0.05, 0.1) is 30.2 Å². The molecule has 18 nitrogen and oxygen atoms in total. The van der Waals surface area contributed by atoms with Crippen LogP contribution in [0.5, 0.6) is 5.75 Å². The largest absolute Gasteiger partial charge is 0.567 e. The van der Waals surface area contributed by atoms with E-state index in [-0.39, 0.29) is 78.1 Å². The van der Waals surface area contributed by atoms with E-state index in [9.17, 15) is 48.6 Å². The Balaban J connectivity index is 1.01. The average Bonchev–Trinajstić information content (AvgIpc) is 3.73. The Bertz CT molecular complexity index is 2100. The van der Waals surface area contributed by atoms with Gasteiger partial charge >= 0.3 is 14.1 Å². The van der Waals surface area contributed by atoms with Crippen molar-refractivity contribution in [3.63, 3.8) is 0 Å². The number of aliphatic hydroxyl groups is 1. The number of carboxylic acids is 1. The zero-order valence-electron chi connectivity index (χ0n) is 35.4. The number of amides is 3. The Kier molecular flexibility index (Phi) is 14.2. The molecule has 0 aromatic heterocycles. The summed E-state index contributed by atoms with van der Waals surface area (Å²) in [5, 5.41) is 28.9. The van der Waals surface area contributed by atoms with Gasteiger partial charge in [0.15, 0.2) is 30.1 Å². The fraction of sp³-hybridized carbons (Fsp3) is 0.628. The molecule has 0 spiro atoms. The molecule has 6 aliphatic rings. The third kappa shape index (κ3) is 9.58. The molecule has 1 saturated heterocycles. The quantitative estimate of drug-likeness (QED) is 0.0874. The van der Waals surface area contributed by atoms with Crippen LogP contribution < -0.4 is 20.7 Å². The summed E-state index contributed by atoms with van der Waals surface area (Å²) in [6, 6.07) is 2.69. The van der Waals surface area contributed by atoms with E-state index in [1.54, 1.807) is 12.1 Å². The van der Waals surface area contributed by atoms with E-state index in [1.165, 1.54) is 18.2 Å². The van der Waals surface area contributed by atoms with E-state index in [4.69, 9.17) is 23.8 Å². The number of aliphatic carboxylic acids is 1. The van der Waals surface area contributed by atoms with Gasteiger partial charge in [-0.2, -0.15) is 14.7 Å². The number of carbonyl (C=O) groups is 6. The minimum Gasteiger partial charge on any atom is -0.490 e. The van der Waals surface area contributed by atoms with Crippen LogP contribution in [0.1, 0.15) is 89.9 Å². The molecular formula is C43H55BrFN3O15P+. The van der Waals surface area contributed by atoms with Gasteiger partial charge in [-0.3, -0.25) is 28.8 Å². The molecule has 1 heterocycles. The van der Waals surface area contributed by atoms with Crippen LogP contribution in [0.3, 0.4) is 0 Å². The summed E-state index contributed by atoms with van der Waals surface area (Å²) in [5.41, 5.74) is -2.64. The van der Waals surface area contributed by atoms with E-state index < -0.39 is 91.0 Å². The first-order chi connectivity index (χ1) is 30.2. The van der Waals surface area contributed by atoms with Crippen LogP contribution >= 0.6 is 24.1 Å². The molecule has 0 unspecified atom stereocenters. The number of Topliss-reactive ketones (excluding diaryl/α,β-unsaturated/α-hetero) is 1. The first kappa shape index (κ1) is 48.2. The molecule has 4 saturated carbocycles. The van der Waals surface area contributed by atoms with Gasteiger partial charge in [-0.15, -0.1) is 4.52 Å². The molecule has 5 fully saturated rings. The molecular weight excluding hydrogens is 928 g/mol. The number of nitrogens with one attached hydrogen (secondary N) is 3. The number of rotatable bonds is 16. The number of ether oxygens (including phenoxy) is 3. The lowest BCUT2D eigenvalue weighted by Gasteiger charge is -2.59. The Morgan fingerprint density at radius 2 is 1.80 bits per heavy atom. The zero-order chi connectivity index (χ0) is 46.4. The number of aliphatic hydroxyl groups excluding tert-OH is 1. The van der Waals surface area contributed by atoms with Crippen LogP contribution in [-0.4, -0.2) is 115 Å². The molecule has 21 heteroatoms. The van der Waals surface area contributed by atoms with E-state index in [0.29, 0.717) is 44.9 Å². The van der Waals surface area contributed by atoms with Gasteiger partial charge in [0.2, 0.25) is 17.7 Å². The Morgan fingerprint density at radius 3 is 2.47 bits per heavy atom. The van der Waals surface area contributed by atoms with Crippen LogP contribution in [0.15, 0.2) is 42.0 Å². The van der Waals surface area contributed by atoms with E-state index in [1.807, 2.05) is 19.9 Å². The third-order valence-corrected chi connectivity index (χ3v) is 15.4. The first-order valence-electron chi connectivity index (χ1n) is 21.5. The average molecular weight is 984 g/mol. The monoisotopic (exact) mass is 982 g/mol. The highest BCUT2D eigenvalue weighted by molar-refractivity contribution is 9.09. The lowest BCUT2D eigenvalue weighted by Crippen LogP contribution is -2.63. The van der Waals surface area contributed by atoms with Crippen molar-refractivity contribution in [3.05, 3.63) is 53.4 Å². The molecule has 1 aromatic carbocycles. The SMILES string of the molecule is C[C@]12C=CC(=O)C=C1CC[C@@H]1[C@@H]2[C@@H](O)C[C@@]2(C)[C@H]1C[C@H]1O[C@@H](c3ccc(OC4CCC(NC(=O)[C@H](CCC(=O)O)NC(=O)CNC(=O)CBr)CC4)cc3F)O[C@]12C(=O)CO[P+](O)(O)O. The summed E-state index contributed by atoms with van der Waals surface area (Å²) in [7, 11) is -4.85. The van der Waals surface area contributed by atoms with Gasteiger partial charge in [0, 0.05) is 40.8 Å². The molecule has 10 atom stereocenters. The Morgan fingerprint density at radius 1 is 1.06 bits per heavy atom. The van der Waals surface area contributed by atoms with Gasteiger partial charge in [0.1, 0.15) is 17.6 Å². The smallest absolute Gasteiger partial charge is 0.490 e. The van der Waals surface area contributed by atoms with Crippen LogP contribution in [0.2, 0.25) is 0 Å². The van der Waals surface area contributed by atoms with Crippen LogP contribution in [-0.2, 0) is 42.8 Å². The summed E-state index contributed by atoms with van der Waals surface area (Å²) in [4.78, 5) is 104. The van der Waals surface area contributed by atoms with Crippen molar-refractivity contribution in [2.24, 2.45) is 28.6 Å². The number of fused-ring (bicyclic) bond motifs is 7. The molecule has 8 N–H and O–H groups in total. The minimum absolute atomic E-state index is 0.0194. The number of halogens is 2. The predicted octanol–water partition coefficient (Wildman–Crippen LogP) is 2.77. The Hall–Kier alpha value is -3.72. The van der Waals surface area contributed by atoms with Crippen LogP contribution in [0, 0.1) is 34.4 Å². The number of carboxylic acid groups (broad SMARTS) is 1. The minimum atomic E-state index is -4.85. The normalized spacial score (nSPS) is 34.6. The topological polar surface area (TPSA) is 277 Å². The Labute approximate surface area is 377 Å². The summed E-state index contributed by atoms with van der Waals surface area (Å²) in [5.74, 6) is -4.87. The van der Waals surface area contributed by atoms with E-state index in [0.717, 1.165) is 5.57 Å². The lowest BCUT2D eigenvalue weighted by atomic mass is 9.46. The second kappa shape index (κ2) is 18.9. The fourth-order valence-electron chi connectivity index (χ4n) is 11.6. The molecule has 1 aliphatic heterocycles. The van der Waals surface area contributed by atoms with Crippen molar-refractivity contribution in [1.29, 1.82) is 0 Å². The standard InChI is InChI=1S/C43H54BrFN3O15P/c1-41-14-13-24(49)15-22(41)3-9-27-29-17-34-43(33(51)21-60-64(57,58)59,42(29,2)18-32(50)38(27)41)63-40(62-34)28-10-8-26(16-30(28)45)61-25-6-4-23(5-7-25)47-39(56)31(11-12-37(54)55)48-36(53)20-46-35(52)19-44/h8,10,13-16,23,25,27,29,31-32,34,38,40,50,57-59H,3-7,9,11-12,17-21H2,1-2H3,(H3-,46,47,48,52,53,54,55,56)/p+1/t23?,25?,27-,29-,31-,32-,34+,38+,40+,41-,42-,43+/m0/s1. The number of carbonyl (C=O) groups excluding carboxylic acids is 5. The maximum absolute atomic E-state index is 16.1. The highest BCUT2D eigenvalue weighted by Crippen LogP contribution is 2.70. The third-order valence-electron chi connectivity index (χ3n) is 14.4. The van der Waals surface area contributed by atoms with Crippen molar-refractivity contribution in [2.75, 3.05) is 18.5 Å². The van der Waals surface area contributed by atoms with Crippen LogP contribution in [0.4, 0.5) is 4.39 Å². The first-order valence-corrected chi connectivity index (χ1v) is 24.2. The van der Waals surface area contributed by atoms with Crippen molar-refractivity contribution in [2.45, 2.75) is 120 Å². The zero-order valence-corrected chi connectivity index (χ0v) is 37.9. The highest BCUT2D eigenvalue weighted by Gasteiger charge is 2.76. The molecule has 5 aliphatic carbocycles. The summed E-state index contributed by atoms with van der Waals surface area (Å²) in [6.07, 6.45) is 4.31. The maximum Gasteiger partial charge on any atom is 0.567 e. The van der Waals surface area contributed by atoms with Gasteiger partial charge in [-0.05, 0) is 93.9 Å². The molecule has 350 valence electrons. The highest BCUT2D eigenvalue weighted by atomic mass is 79.9. The number of hydrogen-bond donors (Lipinski definition) is 8. The lowest BCUT2D eigenvalue weighted by molar-refractivity contribution is -0.201. The number of hydrogen-bond acceptors (Lipinski definition) is 14. The summed E-state index contributed by atoms with van der Waals surface area (Å²) >= 11 is 2.97. The van der Waals surface area contributed by atoms with Gasteiger partial charge in [-0.25, -0.2) is 4.39 Å². The summed E-state index contributed by atoms with van der Waals surface area (Å²) in [6.45, 7) is 2.50. The van der Waals surface area contributed by atoms with E-state index >= 15 is 4.39 Å². The molecule has 0 radical (unpaired) electrons. The van der Waals surface area contributed by atoms with E-state index in [2.05, 4.69) is 31.9 Å². The fourth-order valence-corrected chi connectivity index (χ4v) is 12.0. The molecule has 0 bridgehead atoms. The molecule has 64 heavy (non-hydrogen) atoms. The van der Waals surface area contributed by atoms with Gasteiger partial charge < -0.3 is 40.4 Å². The number of alkyl halides is 1. The number of benzene rings is 1. The van der Waals surface area contributed by atoms with Crippen molar-refractivity contribution in [3.8, 4) is 5.75 Å². The van der Waals surface area contributed by atoms with Crippen LogP contribution in [0.25, 0.3) is 0 Å². The second-order valence-electron chi connectivity index (χ2n) is 18.2. The number of ketones is 2. The maximum atomic E-state index is 16.1. The second-order valence-corrected chi connectivity index (χ2v) is 20.1. The predicted molar refractivity (Wildman–Crippen MR) is 226 cm³/mol. The van der Waals surface area contributed by atoms with Crippen molar-refractivity contribution in [1.82, 2.24) is 16.0 Å².